The van der Waals surface area contributed by atoms with Gasteiger partial charge in [0.15, 0.2) is 0 Å². The van der Waals surface area contributed by atoms with Crippen LogP contribution >= 0.6 is 23.1 Å². The molecule has 0 aromatic carbocycles. The van der Waals surface area contributed by atoms with Gasteiger partial charge in [0, 0.05) is 15.0 Å². The summed E-state index contributed by atoms with van der Waals surface area (Å²) in [5.41, 5.74) is 0. The largest absolute Gasteiger partial charge is 0.311 e. The van der Waals surface area contributed by atoms with Gasteiger partial charge >= 0.3 is 0 Å². The van der Waals surface area contributed by atoms with Gasteiger partial charge in [0.25, 0.3) is 0 Å². The van der Waals surface area contributed by atoms with Crippen LogP contribution in [0.5, 0.6) is 0 Å². The first kappa shape index (κ1) is 10.5. The summed E-state index contributed by atoms with van der Waals surface area (Å²) >= 11 is 4.05. The van der Waals surface area contributed by atoms with Crippen LogP contribution in [0, 0.1) is 6.92 Å². The van der Waals surface area contributed by atoms with E-state index in [2.05, 4.69) is 43.2 Å². The molecular weight excluding hydrogens is 210 g/mol. The lowest BCUT2D eigenvalue weighted by Gasteiger charge is -2.20. The van der Waals surface area contributed by atoms with Gasteiger partial charge in [-0.25, -0.2) is 0 Å². The molecule has 1 aromatic heterocycles. The molecule has 3 heteroatoms. The van der Waals surface area contributed by atoms with Crippen LogP contribution in [0.25, 0.3) is 0 Å². The Bertz CT molecular complexity index is 289. The number of nitrogens with one attached hydrogen (secondary N) is 1. The third-order valence-electron chi connectivity index (χ3n) is 2.72. The van der Waals surface area contributed by atoms with Crippen molar-refractivity contribution in [3.63, 3.8) is 0 Å². The monoisotopic (exact) mass is 227 g/mol. The average molecular weight is 227 g/mol. The maximum atomic E-state index is 3.46. The molecule has 78 valence electrons. The second-order valence-corrected chi connectivity index (χ2v) is 6.43. The topological polar surface area (TPSA) is 12.0 Å². The molecule has 1 aliphatic rings. The molecule has 1 aliphatic heterocycles. The van der Waals surface area contributed by atoms with E-state index in [4.69, 9.17) is 0 Å². The Morgan fingerprint density at radius 2 is 2.36 bits per heavy atom. The summed E-state index contributed by atoms with van der Waals surface area (Å²) in [6, 6.07) is 5.07. The van der Waals surface area contributed by atoms with Crippen molar-refractivity contribution < 1.29 is 0 Å². The van der Waals surface area contributed by atoms with Crippen molar-refractivity contribution in [1.82, 2.24) is 5.32 Å². The Kier molecular flexibility index (Phi) is 3.52. The fraction of sp³-hybridized carbons (Fsp3) is 0.636. The third kappa shape index (κ3) is 2.15. The summed E-state index contributed by atoms with van der Waals surface area (Å²) in [5, 5.41) is 4.25. The van der Waals surface area contributed by atoms with Gasteiger partial charge < -0.3 is 5.32 Å². The van der Waals surface area contributed by atoms with Crippen molar-refractivity contribution in [2.24, 2.45) is 0 Å². The van der Waals surface area contributed by atoms with E-state index >= 15 is 0 Å². The fourth-order valence-corrected chi connectivity index (χ4v) is 4.58. The van der Waals surface area contributed by atoms with Gasteiger partial charge in [0.05, 0.1) is 6.04 Å². The van der Waals surface area contributed by atoms with Crippen LogP contribution in [0.15, 0.2) is 12.1 Å². The molecule has 14 heavy (non-hydrogen) atoms. The predicted molar refractivity (Wildman–Crippen MR) is 66.3 cm³/mol. The number of hydrogen-bond donors (Lipinski definition) is 1. The van der Waals surface area contributed by atoms with Crippen LogP contribution in [0.3, 0.4) is 0 Å². The van der Waals surface area contributed by atoms with E-state index in [0.29, 0.717) is 6.04 Å². The van der Waals surface area contributed by atoms with Gasteiger partial charge in [-0.2, -0.15) is 11.8 Å². The standard InChI is InChI=1S/C11H17NS2/c1-8-5-6-10(14-8)11(12-2)9-4-3-7-13-9/h5-6,9,11-12H,3-4,7H2,1-2H3. The SMILES string of the molecule is CNC(c1ccc(C)s1)C1CCCS1. The minimum Gasteiger partial charge on any atom is -0.311 e. The lowest BCUT2D eigenvalue weighted by molar-refractivity contribution is 0.560. The van der Waals surface area contributed by atoms with Crippen molar-refractivity contribution >= 4 is 23.1 Å². The Hall–Kier alpha value is 0.01000. The van der Waals surface area contributed by atoms with E-state index in [0.717, 1.165) is 5.25 Å². The van der Waals surface area contributed by atoms with E-state index < -0.39 is 0 Å². The molecule has 1 fully saturated rings. The molecule has 1 aromatic rings. The molecule has 2 heterocycles. The number of thioether (sulfide) groups is 1. The van der Waals surface area contributed by atoms with E-state index in [1.165, 1.54) is 28.3 Å². The average Bonchev–Trinajstić information content (AvgIpc) is 2.79. The normalized spacial score (nSPS) is 24.0. The Balaban J connectivity index is 2.12. The van der Waals surface area contributed by atoms with Crippen LogP contribution in [-0.2, 0) is 0 Å². The van der Waals surface area contributed by atoms with Gasteiger partial charge in [-0.3, -0.25) is 0 Å². The quantitative estimate of drug-likeness (QED) is 0.851. The summed E-state index contributed by atoms with van der Waals surface area (Å²) < 4.78 is 0. The van der Waals surface area contributed by atoms with Crippen molar-refractivity contribution in [3.05, 3.63) is 21.9 Å². The molecule has 2 rings (SSSR count). The molecule has 1 N–H and O–H groups in total. The highest BCUT2D eigenvalue weighted by atomic mass is 32.2. The smallest absolute Gasteiger partial charge is 0.0533 e. The molecule has 0 bridgehead atoms. The lowest BCUT2D eigenvalue weighted by Crippen LogP contribution is -2.24. The van der Waals surface area contributed by atoms with E-state index in [9.17, 15) is 0 Å². The van der Waals surface area contributed by atoms with Crippen molar-refractivity contribution in [2.45, 2.75) is 31.1 Å². The van der Waals surface area contributed by atoms with Crippen LogP contribution in [-0.4, -0.2) is 18.1 Å². The zero-order valence-corrected chi connectivity index (χ0v) is 10.4. The van der Waals surface area contributed by atoms with Crippen molar-refractivity contribution in [2.75, 3.05) is 12.8 Å². The summed E-state index contributed by atoms with van der Waals surface area (Å²) in [6.45, 7) is 2.18. The maximum Gasteiger partial charge on any atom is 0.0533 e. The van der Waals surface area contributed by atoms with Gasteiger partial charge in [0.1, 0.15) is 0 Å². The lowest BCUT2D eigenvalue weighted by atomic mass is 10.1. The number of hydrogen-bond acceptors (Lipinski definition) is 3. The molecule has 0 saturated carbocycles. The summed E-state index contributed by atoms with van der Waals surface area (Å²) in [5.74, 6) is 1.34. The molecular formula is C11H17NS2. The molecule has 1 saturated heterocycles. The molecule has 0 amide bonds. The minimum atomic E-state index is 0.571. The van der Waals surface area contributed by atoms with Gasteiger partial charge in [0.2, 0.25) is 0 Å². The Labute approximate surface area is 94.3 Å². The van der Waals surface area contributed by atoms with Gasteiger partial charge in [-0.05, 0) is 44.7 Å². The molecule has 0 radical (unpaired) electrons. The highest BCUT2D eigenvalue weighted by Crippen LogP contribution is 2.37. The molecule has 0 spiro atoms. The molecule has 1 nitrogen and oxygen atoms in total. The van der Waals surface area contributed by atoms with E-state index in [-0.39, 0.29) is 0 Å². The molecule has 2 atom stereocenters. The van der Waals surface area contributed by atoms with Gasteiger partial charge in [-0.1, -0.05) is 0 Å². The summed E-state index contributed by atoms with van der Waals surface area (Å²) in [6.07, 6.45) is 2.75. The highest BCUT2D eigenvalue weighted by Gasteiger charge is 2.26. The zero-order chi connectivity index (χ0) is 9.97. The first-order chi connectivity index (χ1) is 6.81. The van der Waals surface area contributed by atoms with Crippen LogP contribution in [0.2, 0.25) is 0 Å². The summed E-state index contributed by atoms with van der Waals surface area (Å²) in [7, 11) is 2.08. The van der Waals surface area contributed by atoms with Crippen molar-refractivity contribution in [3.8, 4) is 0 Å². The second-order valence-electron chi connectivity index (χ2n) is 3.77. The second kappa shape index (κ2) is 4.69. The van der Waals surface area contributed by atoms with Crippen LogP contribution < -0.4 is 5.32 Å². The van der Waals surface area contributed by atoms with Crippen molar-refractivity contribution in [1.29, 1.82) is 0 Å². The Morgan fingerprint density at radius 1 is 1.50 bits per heavy atom. The summed E-state index contributed by atoms with van der Waals surface area (Å²) in [4.78, 5) is 2.92. The number of aryl methyl sites for hydroxylation is 1. The van der Waals surface area contributed by atoms with E-state index in [1.807, 2.05) is 11.3 Å². The number of thiophene rings is 1. The third-order valence-corrected chi connectivity index (χ3v) is 5.26. The maximum absolute atomic E-state index is 3.46. The first-order valence-corrected chi connectivity index (χ1v) is 7.03. The van der Waals surface area contributed by atoms with Crippen LogP contribution in [0.4, 0.5) is 0 Å². The molecule has 2 unspecified atom stereocenters. The van der Waals surface area contributed by atoms with Gasteiger partial charge in [-0.15, -0.1) is 11.3 Å². The Morgan fingerprint density at radius 3 is 2.86 bits per heavy atom. The minimum absolute atomic E-state index is 0.571. The molecule has 0 aliphatic carbocycles. The number of rotatable bonds is 3. The van der Waals surface area contributed by atoms with Crippen LogP contribution in [0.1, 0.15) is 28.6 Å². The first-order valence-electron chi connectivity index (χ1n) is 5.16. The van der Waals surface area contributed by atoms with E-state index in [1.54, 1.807) is 0 Å². The predicted octanol–water partition coefficient (Wildman–Crippen LogP) is 3.21. The highest BCUT2D eigenvalue weighted by molar-refractivity contribution is 8.00. The zero-order valence-electron chi connectivity index (χ0n) is 8.75. The fourth-order valence-electron chi connectivity index (χ4n) is 2.00.